The van der Waals surface area contributed by atoms with E-state index in [-0.39, 0.29) is 23.2 Å². The van der Waals surface area contributed by atoms with Gasteiger partial charge in [0.05, 0.1) is 22.8 Å². The van der Waals surface area contributed by atoms with E-state index in [1.807, 2.05) is 0 Å². The predicted octanol–water partition coefficient (Wildman–Crippen LogP) is 3.88. The van der Waals surface area contributed by atoms with Crippen LogP contribution in [0.1, 0.15) is 27.0 Å². The van der Waals surface area contributed by atoms with Gasteiger partial charge in [0.15, 0.2) is 5.72 Å². The molecule has 2 N–H and O–H groups in total. The molecule has 1 amide bonds. The van der Waals surface area contributed by atoms with Gasteiger partial charge in [-0.25, -0.2) is 4.79 Å². The van der Waals surface area contributed by atoms with Crippen LogP contribution in [0.2, 0.25) is 0 Å². The van der Waals surface area contributed by atoms with Gasteiger partial charge in [0.25, 0.3) is 5.91 Å². The fraction of sp³-hybridized carbons (Fsp3) is 0.125. The summed E-state index contributed by atoms with van der Waals surface area (Å²) in [6.07, 6.45) is -3.75. The molecule has 0 aliphatic carbocycles. The van der Waals surface area contributed by atoms with Crippen molar-refractivity contribution in [3.8, 4) is 5.75 Å². The number of carbonyl (C=O) groups is 2. The summed E-state index contributed by atoms with van der Waals surface area (Å²) in [6, 6.07) is 17.3. The lowest BCUT2D eigenvalue weighted by atomic mass is 9.92. The van der Waals surface area contributed by atoms with Gasteiger partial charge in [0.1, 0.15) is 5.75 Å². The third-order valence-electron chi connectivity index (χ3n) is 5.70. The van der Waals surface area contributed by atoms with E-state index in [2.05, 4.69) is 14.9 Å². The molecule has 1 unspecified atom stereocenters. The van der Waals surface area contributed by atoms with Crippen molar-refractivity contribution < 1.29 is 32.6 Å². The Morgan fingerprint density at radius 3 is 2.59 bits per heavy atom. The summed E-state index contributed by atoms with van der Waals surface area (Å²) in [7, 11) is 0. The summed E-state index contributed by atoms with van der Waals surface area (Å²) in [5.41, 5.74) is -1.01. The minimum atomic E-state index is -5.26. The number of alkyl halides is 3. The number of halogens is 3. The quantitative estimate of drug-likeness (QED) is 0.351. The molecule has 4 aromatic rings. The second-order valence-corrected chi connectivity index (χ2v) is 7.79. The Hall–Kier alpha value is -4.18. The van der Waals surface area contributed by atoms with Gasteiger partial charge in [-0.15, -0.1) is 0 Å². The summed E-state index contributed by atoms with van der Waals surface area (Å²) < 4.78 is 43.5. The topological polar surface area (TPSA) is 95.5 Å². The fourth-order valence-corrected chi connectivity index (χ4v) is 4.15. The molecule has 172 valence electrons. The molecule has 1 atom stereocenters. The van der Waals surface area contributed by atoms with Gasteiger partial charge in [0, 0.05) is 17.5 Å². The number of rotatable bonds is 4. The van der Waals surface area contributed by atoms with Gasteiger partial charge in [0.2, 0.25) is 0 Å². The maximum Gasteiger partial charge on any atom is 0.491 e. The van der Waals surface area contributed by atoms with Gasteiger partial charge in [-0.3, -0.25) is 14.8 Å². The van der Waals surface area contributed by atoms with Crippen LogP contribution < -0.4 is 4.74 Å². The number of esters is 1. The van der Waals surface area contributed by atoms with Crippen molar-refractivity contribution in [2.24, 2.45) is 0 Å². The normalized spacial score (nSPS) is 17.8. The third kappa shape index (κ3) is 3.39. The number of nitrogens with one attached hydrogen (secondary N) is 1. The largest absolute Gasteiger partial charge is 0.491 e. The molecule has 10 heteroatoms. The summed E-state index contributed by atoms with van der Waals surface area (Å²) in [5.74, 6) is -3.64. The number of benzene rings is 3. The molecule has 34 heavy (non-hydrogen) atoms. The Balaban J connectivity index is 1.71. The number of ether oxygens (including phenoxy) is 1. The van der Waals surface area contributed by atoms with E-state index in [1.54, 1.807) is 42.5 Å². The van der Waals surface area contributed by atoms with E-state index in [4.69, 9.17) is 0 Å². The number of hydrogen-bond acceptors (Lipinski definition) is 5. The van der Waals surface area contributed by atoms with E-state index in [1.165, 1.54) is 24.4 Å². The maximum absolute atomic E-state index is 13.4. The molecule has 3 aromatic carbocycles. The van der Waals surface area contributed by atoms with E-state index in [9.17, 15) is 27.9 Å². The lowest BCUT2D eigenvalue weighted by Crippen LogP contribution is -2.44. The van der Waals surface area contributed by atoms with Crippen LogP contribution in [0.25, 0.3) is 10.9 Å². The van der Waals surface area contributed by atoms with Crippen LogP contribution >= 0.6 is 0 Å². The number of nitrogens with zero attached hydrogens (tertiary/aromatic N) is 2. The van der Waals surface area contributed by atoms with Crippen LogP contribution in [0.15, 0.2) is 72.9 Å². The summed E-state index contributed by atoms with van der Waals surface area (Å²) in [6.45, 7) is -0.0546. The molecule has 0 fully saturated rings. The average molecular weight is 467 g/mol. The van der Waals surface area contributed by atoms with E-state index in [0.29, 0.717) is 16.5 Å². The van der Waals surface area contributed by atoms with Crippen molar-refractivity contribution >= 4 is 22.8 Å². The van der Waals surface area contributed by atoms with Gasteiger partial charge in [-0.1, -0.05) is 42.5 Å². The second-order valence-electron chi connectivity index (χ2n) is 7.79. The zero-order valence-corrected chi connectivity index (χ0v) is 17.3. The van der Waals surface area contributed by atoms with Gasteiger partial charge in [-0.2, -0.15) is 18.3 Å². The Morgan fingerprint density at radius 2 is 1.85 bits per heavy atom. The first kappa shape index (κ1) is 21.7. The highest BCUT2D eigenvalue weighted by molar-refractivity contribution is 6.01. The molecular weight excluding hydrogens is 451 g/mol. The minimum absolute atomic E-state index is 0.0546. The van der Waals surface area contributed by atoms with Crippen LogP contribution in [0.3, 0.4) is 0 Å². The number of H-pyrrole nitrogens is 1. The van der Waals surface area contributed by atoms with Crippen LogP contribution in [0.4, 0.5) is 13.2 Å². The molecule has 0 saturated heterocycles. The highest BCUT2D eigenvalue weighted by Gasteiger charge is 2.53. The van der Waals surface area contributed by atoms with Crippen molar-refractivity contribution in [2.75, 3.05) is 0 Å². The molecule has 0 spiro atoms. The maximum atomic E-state index is 13.4. The summed E-state index contributed by atoms with van der Waals surface area (Å²) in [4.78, 5) is 26.2. The molecule has 0 bridgehead atoms. The fourth-order valence-electron chi connectivity index (χ4n) is 4.15. The molecule has 7 nitrogen and oxygen atoms in total. The molecule has 1 aliphatic heterocycles. The Bertz CT molecular complexity index is 1420. The first-order valence-electron chi connectivity index (χ1n) is 10.1. The average Bonchev–Trinajstić information content (AvgIpc) is 3.37. The highest BCUT2D eigenvalue weighted by atomic mass is 19.4. The SMILES string of the molecule is O=C1c2cccc(OC(=O)C(F)(F)F)c2C(O)(c2ccc3[nH]ncc3c2)N1Cc1ccccc1. The number of amides is 1. The van der Waals surface area contributed by atoms with Crippen molar-refractivity contribution in [2.45, 2.75) is 18.4 Å². The highest BCUT2D eigenvalue weighted by Crippen LogP contribution is 2.48. The van der Waals surface area contributed by atoms with E-state index in [0.717, 1.165) is 11.0 Å². The number of fused-ring (bicyclic) bond motifs is 2. The molecule has 0 radical (unpaired) electrons. The van der Waals surface area contributed by atoms with Crippen molar-refractivity contribution in [3.05, 3.63) is 95.2 Å². The Morgan fingerprint density at radius 1 is 1.09 bits per heavy atom. The first-order valence-corrected chi connectivity index (χ1v) is 10.1. The molecule has 2 heterocycles. The number of aromatic nitrogens is 2. The summed E-state index contributed by atoms with van der Waals surface area (Å²) in [5, 5.41) is 19.4. The van der Waals surface area contributed by atoms with E-state index < -0.39 is 29.5 Å². The molecular formula is C24H16F3N3O4. The molecule has 1 aromatic heterocycles. The van der Waals surface area contributed by atoms with Crippen LogP contribution in [-0.4, -0.2) is 38.3 Å². The van der Waals surface area contributed by atoms with Crippen LogP contribution in [0.5, 0.6) is 5.75 Å². The number of hydrogen-bond donors (Lipinski definition) is 2. The zero-order valence-electron chi connectivity index (χ0n) is 17.3. The molecule has 5 rings (SSSR count). The molecule has 1 aliphatic rings. The molecule has 0 saturated carbocycles. The predicted molar refractivity (Wildman–Crippen MR) is 114 cm³/mol. The standard InChI is InChI=1S/C24H16F3N3O4/c25-24(26,27)22(32)34-19-8-4-7-17-20(19)23(33,16-9-10-18-15(11-16)12-28-29-18)30(21(17)31)13-14-5-2-1-3-6-14/h1-12,33H,13H2,(H,28,29). The summed E-state index contributed by atoms with van der Waals surface area (Å²) >= 11 is 0. The Labute approximate surface area is 190 Å². The zero-order chi connectivity index (χ0) is 24.1. The smallest absolute Gasteiger partial charge is 0.419 e. The van der Waals surface area contributed by atoms with Crippen LogP contribution in [0, 0.1) is 0 Å². The lowest BCUT2D eigenvalue weighted by molar-refractivity contribution is -0.189. The second kappa shape index (κ2) is 7.70. The monoisotopic (exact) mass is 467 g/mol. The van der Waals surface area contributed by atoms with E-state index >= 15 is 0 Å². The number of carbonyl (C=O) groups excluding carboxylic acids is 2. The van der Waals surface area contributed by atoms with Gasteiger partial charge >= 0.3 is 12.1 Å². The number of aliphatic hydroxyl groups is 1. The van der Waals surface area contributed by atoms with Gasteiger partial charge < -0.3 is 9.84 Å². The van der Waals surface area contributed by atoms with Crippen LogP contribution in [-0.2, 0) is 17.1 Å². The minimum Gasteiger partial charge on any atom is -0.419 e. The van der Waals surface area contributed by atoms with Crippen molar-refractivity contribution in [1.82, 2.24) is 15.1 Å². The third-order valence-corrected chi connectivity index (χ3v) is 5.70. The van der Waals surface area contributed by atoms with Crippen molar-refractivity contribution in [1.29, 1.82) is 0 Å². The first-order chi connectivity index (χ1) is 16.2. The van der Waals surface area contributed by atoms with Gasteiger partial charge in [-0.05, 0) is 29.8 Å². The number of aromatic amines is 1. The van der Waals surface area contributed by atoms with Crippen molar-refractivity contribution in [3.63, 3.8) is 0 Å². The lowest BCUT2D eigenvalue weighted by Gasteiger charge is -2.35. The Kier molecular flexibility index (Phi) is 4.90.